The summed E-state index contributed by atoms with van der Waals surface area (Å²) in [6, 6.07) is 7.73. The number of hydrogen-bond acceptors (Lipinski definition) is 3. The van der Waals surface area contributed by atoms with Crippen LogP contribution in [0.25, 0.3) is 0 Å². The molecular weight excluding hydrogens is 174 g/mol. The van der Waals surface area contributed by atoms with Crippen molar-refractivity contribution < 1.29 is 0 Å². The van der Waals surface area contributed by atoms with Crippen LogP contribution in [0.5, 0.6) is 0 Å². The van der Waals surface area contributed by atoms with Gasteiger partial charge in [-0.1, -0.05) is 0 Å². The fourth-order valence-corrected chi connectivity index (χ4v) is 1.82. The van der Waals surface area contributed by atoms with Gasteiger partial charge in [0, 0.05) is 18.8 Å². The minimum atomic E-state index is 0.563. The van der Waals surface area contributed by atoms with Crippen molar-refractivity contribution in [2.24, 2.45) is 0 Å². The van der Waals surface area contributed by atoms with Crippen LogP contribution in [0.15, 0.2) is 18.2 Å². The zero-order chi connectivity index (χ0) is 9.97. The molecule has 0 saturated carbocycles. The molecule has 1 aliphatic rings. The topological polar surface area (TPSA) is 53.0 Å². The molecule has 3 nitrogen and oxygen atoms in total. The highest BCUT2D eigenvalue weighted by atomic mass is 15.1. The molecule has 3 heteroatoms. The highest BCUT2D eigenvalue weighted by Gasteiger charge is 2.12. The van der Waals surface area contributed by atoms with Crippen LogP contribution in [0, 0.1) is 11.3 Å². The van der Waals surface area contributed by atoms with E-state index in [1.54, 1.807) is 6.07 Å². The Morgan fingerprint density at radius 2 is 2.00 bits per heavy atom. The van der Waals surface area contributed by atoms with Gasteiger partial charge in [-0.05, 0) is 31.0 Å². The van der Waals surface area contributed by atoms with E-state index in [0.717, 1.165) is 18.8 Å². The summed E-state index contributed by atoms with van der Waals surface area (Å²) in [6.45, 7) is 2.21. The first-order valence-corrected chi connectivity index (χ1v) is 4.86. The average molecular weight is 187 g/mol. The number of nitrogen functional groups attached to an aromatic ring is 1. The van der Waals surface area contributed by atoms with E-state index in [0.29, 0.717) is 11.3 Å². The average Bonchev–Trinajstić information content (AvgIpc) is 2.70. The zero-order valence-electron chi connectivity index (χ0n) is 8.03. The SMILES string of the molecule is N#Cc1ccc(N2CCCC2)cc1N. The molecule has 0 radical (unpaired) electrons. The fourth-order valence-electron chi connectivity index (χ4n) is 1.82. The second-order valence-corrected chi connectivity index (χ2v) is 3.58. The maximum Gasteiger partial charge on any atom is 0.101 e. The molecule has 0 unspecified atom stereocenters. The molecule has 1 heterocycles. The maximum atomic E-state index is 8.73. The van der Waals surface area contributed by atoms with Crippen molar-refractivity contribution in [3.05, 3.63) is 23.8 Å². The summed E-state index contributed by atoms with van der Waals surface area (Å²) in [4.78, 5) is 2.30. The Labute approximate surface area is 83.7 Å². The molecular formula is C11H13N3. The molecule has 0 atom stereocenters. The lowest BCUT2D eigenvalue weighted by molar-refractivity contribution is 0.949. The van der Waals surface area contributed by atoms with Crippen LogP contribution in [0.1, 0.15) is 18.4 Å². The monoisotopic (exact) mass is 187 g/mol. The van der Waals surface area contributed by atoms with Gasteiger partial charge in [-0.2, -0.15) is 5.26 Å². The summed E-state index contributed by atoms with van der Waals surface area (Å²) < 4.78 is 0. The van der Waals surface area contributed by atoms with Gasteiger partial charge >= 0.3 is 0 Å². The first kappa shape index (κ1) is 8.89. The summed E-state index contributed by atoms with van der Waals surface area (Å²) in [6.07, 6.45) is 2.50. The molecule has 1 saturated heterocycles. The molecule has 2 N–H and O–H groups in total. The molecule has 0 aromatic heterocycles. The molecule has 1 fully saturated rings. The summed E-state index contributed by atoms with van der Waals surface area (Å²) >= 11 is 0. The van der Waals surface area contributed by atoms with Crippen molar-refractivity contribution in [3.63, 3.8) is 0 Å². The number of nitrogens with zero attached hydrogens (tertiary/aromatic N) is 2. The van der Waals surface area contributed by atoms with Crippen molar-refractivity contribution in [1.29, 1.82) is 5.26 Å². The Morgan fingerprint density at radius 1 is 1.29 bits per heavy atom. The standard InChI is InChI=1S/C11H13N3/c12-8-9-3-4-10(7-11(9)13)14-5-1-2-6-14/h3-4,7H,1-2,5-6,13H2. The highest BCUT2D eigenvalue weighted by molar-refractivity contribution is 5.63. The molecule has 1 aliphatic heterocycles. The second kappa shape index (κ2) is 3.59. The van der Waals surface area contributed by atoms with Gasteiger partial charge in [0.1, 0.15) is 6.07 Å². The van der Waals surface area contributed by atoms with E-state index in [4.69, 9.17) is 11.0 Å². The number of benzene rings is 1. The van der Waals surface area contributed by atoms with Gasteiger partial charge in [0.15, 0.2) is 0 Å². The Kier molecular flexibility index (Phi) is 2.28. The van der Waals surface area contributed by atoms with Crippen LogP contribution < -0.4 is 10.6 Å². The molecule has 0 spiro atoms. The summed E-state index contributed by atoms with van der Waals surface area (Å²) in [5.41, 5.74) is 8.03. The normalized spacial score (nSPS) is 15.5. The van der Waals surface area contributed by atoms with Crippen LogP contribution >= 0.6 is 0 Å². The first-order valence-electron chi connectivity index (χ1n) is 4.86. The third-order valence-corrected chi connectivity index (χ3v) is 2.63. The van der Waals surface area contributed by atoms with Gasteiger partial charge < -0.3 is 10.6 Å². The molecule has 2 rings (SSSR count). The van der Waals surface area contributed by atoms with Crippen molar-refractivity contribution >= 4 is 11.4 Å². The molecule has 1 aromatic carbocycles. The Hall–Kier alpha value is -1.69. The van der Waals surface area contributed by atoms with Crippen molar-refractivity contribution in [1.82, 2.24) is 0 Å². The summed E-state index contributed by atoms with van der Waals surface area (Å²) in [7, 11) is 0. The van der Waals surface area contributed by atoms with E-state index < -0.39 is 0 Å². The van der Waals surface area contributed by atoms with Gasteiger partial charge in [0.2, 0.25) is 0 Å². The van der Waals surface area contributed by atoms with Gasteiger partial charge in [-0.3, -0.25) is 0 Å². The second-order valence-electron chi connectivity index (χ2n) is 3.58. The maximum absolute atomic E-state index is 8.73. The molecule has 14 heavy (non-hydrogen) atoms. The fraction of sp³-hybridized carbons (Fsp3) is 0.364. The van der Waals surface area contributed by atoms with E-state index in [-0.39, 0.29) is 0 Å². The lowest BCUT2D eigenvalue weighted by Crippen LogP contribution is -2.17. The third-order valence-electron chi connectivity index (χ3n) is 2.63. The molecule has 1 aromatic rings. The summed E-state index contributed by atoms with van der Waals surface area (Å²) in [5, 5.41) is 8.73. The minimum Gasteiger partial charge on any atom is -0.398 e. The van der Waals surface area contributed by atoms with Gasteiger partial charge in [0.25, 0.3) is 0 Å². The van der Waals surface area contributed by atoms with Crippen LogP contribution in [0.2, 0.25) is 0 Å². The van der Waals surface area contributed by atoms with Crippen LogP contribution in [-0.4, -0.2) is 13.1 Å². The number of rotatable bonds is 1. The third kappa shape index (κ3) is 1.51. The lowest BCUT2D eigenvalue weighted by atomic mass is 10.1. The Balaban J connectivity index is 2.28. The number of nitrogens with two attached hydrogens (primary N) is 1. The first-order chi connectivity index (χ1) is 6.81. The van der Waals surface area contributed by atoms with Crippen molar-refractivity contribution in [3.8, 4) is 6.07 Å². The highest BCUT2D eigenvalue weighted by Crippen LogP contribution is 2.24. The smallest absolute Gasteiger partial charge is 0.101 e. The predicted molar refractivity (Wildman–Crippen MR) is 57.0 cm³/mol. The van der Waals surface area contributed by atoms with E-state index >= 15 is 0 Å². The Morgan fingerprint density at radius 3 is 2.57 bits per heavy atom. The van der Waals surface area contributed by atoms with Crippen LogP contribution in [-0.2, 0) is 0 Å². The quantitative estimate of drug-likeness (QED) is 0.681. The van der Waals surface area contributed by atoms with Gasteiger partial charge in [0.05, 0.1) is 11.3 Å². The number of nitriles is 1. The van der Waals surface area contributed by atoms with Gasteiger partial charge in [-0.25, -0.2) is 0 Å². The van der Waals surface area contributed by atoms with E-state index in [9.17, 15) is 0 Å². The predicted octanol–water partition coefficient (Wildman–Crippen LogP) is 1.74. The molecule has 0 amide bonds. The van der Waals surface area contributed by atoms with Crippen molar-refractivity contribution in [2.45, 2.75) is 12.8 Å². The number of anilines is 2. The van der Waals surface area contributed by atoms with E-state index in [1.165, 1.54) is 12.8 Å². The Bertz CT molecular complexity index is 373. The van der Waals surface area contributed by atoms with Crippen LogP contribution in [0.3, 0.4) is 0 Å². The molecule has 72 valence electrons. The van der Waals surface area contributed by atoms with Gasteiger partial charge in [-0.15, -0.1) is 0 Å². The zero-order valence-corrected chi connectivity index (χ0v) is 8.03. The number of hydrogen-bond donors (Lipinski definition) is 1. The summed E-state index contributed by atoms with van der Waals surface area (Å²) in [5.74, 6) is 0. The lowest BCUT2D eigenvalue weighted by Gasteiger charge is -2.17. The van der Waals surface area contributed by atoms with Crippen molar-refractivity contribution in [2.75, 3.05) is 23.7 Å². The largest absolute Gasteiger partial charge is 0.398 e. The van der Waals surface area contributed by atoms with E-state index in [2.05, 4.69) is 11.0 Å². The molecule has 0 aliphatic carbocycles. The minimum absolute atomic E-state index is 0.563. The molecule has 0 bridgehead atoms. The van der Waals surface area contributed by atoms with E-state index in [1.807, 2.05) is 12.1 Å². The van der Waals surface area contributed by atoms with Crippen LogP contribution in [0.4, 0.5) is 11.4 Å².